The number of aromatic nitrogens is 1. The third-order valence-electron chi connectivity index (χ3n) is 5.31. The second kappa shape index (κ2) is 7.57. The molecule has 1 aliphatic heterocycles. The van der Waals surface area contributed by atoms with Crippen molar-refractivity contribution < 1.29 is 9.59 Å². The van der Waals surface area contributed by atoms with Gasteiger partial charge < -0.3 is 16.0 Å². The van der Waals surface area contributed by atoms with Gasteiger partial charge in [-0.3, -0.25) is 14.6 Å². The molecule has 2 amide bonds. The van der Waals surface area contributed by atoms with E-state index < -0.39 is 5.92 Å². The van der Waals surface area contributed by atoms with Crippen LogP contribution in [0.4, 0.5) is 22.7 Å². The number of nitrogens with zero attached hydrogens (tertiary/aromatic N) is 1. The van der Waals surface area contributed by atoms with Gasteiger partial charge in [-0.1, -0.05) is 36.4 Å². The number of amides is 2. The van der Waals surface area contributed by atoms with Crippen molar-refractivity contribution in [3.8, 4) is 0 Å². The molecule has 1 aliphatic rings. The number of pyridine rings is 1. The highest BCUT2D eigenvalue weighted by Crippen LogP contribution is 2.38. The van der Waals surface area contributed by atoms with Gasteiger partial charge in [0.1, 0.15) is 5.92 Å². The molecule has 0 saturated carbocycles. The average Bonchev–Trinajstić information content (AvgIpc) is 3.10. The fraction of sp³-hybridized carbons (Fsp3) is 0.0800. The zero-order valence-corrected chi connectivity index (χ0v) is 16.8. The maximum absolute atomic E-state index is 12.8. The maximum Gasteiger partial charge on any atom is 0.238 e. The van der Waals surface area contributed by atoms with Crippen molar-refractivity contribution in [1.82, 2.24) is 4.98 Å². The lowest BCUT2D eigenvalue weighted by Crippen LogP contribution is -2.15. The Morgan fingerprint density at radius 3 is 2.45 bits per heavy atom. The lowest BCUT2D eigenvalue weighted by Gasteiger charge is -2.15. The molecule has 31 heavy (non-hydrogen) atoms. The molecule has 2 heterocycles. The Morgan fingerprint density at radius 2 is 1.65 bits per heavy atom. The van der Waals surface area contributed by atoms with Crippen molar-refractivity contribution in [2.45, 2.75) is 12.8 Å². The number of carbonyl (C=O) groups is 2. The van der Waals surface area contributed by atoms with E-state index in [1.807, 2.05) is 78.9 Å². The van der Waals surface area contributed by atoms with Gasteiger partial charge in [0.25, 0.3) is 0 Å². The Bertz CT molecular complexity index is 1310. The van der Waals surface area contributed by atoms with Gasteiger partial charge in [-0.15, -0.1) is 0 Å². The van der Waals surface area contributed by atoms with Crippen LogP contribution in [0.5, 0.6) is 0 Å². The largest absolute Gasteiger partial charge is 0.355 e. The van der Waals surface area contributed by atoms with Gasteiger partial charge >= 0.3 is 0 Å². The summed E-state index contributed by atoms with van der Waals surface area (Å²) in [5.41, 5.74) is 5.74. The third-order valence-corrected chi connectivity index (χ3v) is 5.31. The average molecular weight is 408 g/mol. The highest BCUT2D eigenvalue weighted by molar-refractivity contribution is 6.05. The van der Waals surface area contributed by atoms with Gasteiger partial charge in [0, 0.05) is 35.1 Å². The molecule has 1 atom stereocenters. The summed E-state index contributed by atoms with van der Waals surface area (Å²) < 4.78 is 0. The van der Waals surface area contributed by atoms with E-state index in [0.717, 1.165) is 39.2 Å². The summed E-state index contributed by atoms with van der Waals surface area (Å²) >= 11 is 0. The number of hydrogen-bond donors (Lipinski definition) is 3. The molecule has 0 spiro atoms. The topological polar surface area (TPSA) is 83.1 Å². The molecule has 0 radical (unpaired) electrons. The summed E-state index contributed by atoms with van der Waals surface area (Å²) in [6, 6.07) is 25.0. The van der Waals surface area contributed by atoms with Crippen LogP contribution >= 0.6 is 0 Å². The molecular formula is C25H20N4O2. The van der Waals surface area contributed by atoms with Crippen LogP contribution < -0.4 is 16.0 Å². The number of hydrogen-bond acceptors (Lipinski definition) is 4. The number of nitrogens with one attached hydrogen (secondary N) is 3. The van der Waals surface area contributed by atoms with Crippen LogP contribution in [-0.4, -0.2) is 16.8 Å². The number of benzene rings is 3. The lowest BCUT2D eigenvalue weighted by molar-refractivity contribution is -0.116. The molecule has 0 fully saturated rings. The van der Waals surface area contributed by atoms with Gasteiger partial charge in [-0.2, -0.15) is 0 Å². The molecule has 152 valence electrons. The third kappa shape index (κ3) is 3.59. The van der Waals surface area contributed by atoms with E-state index in [0.29, 0.717) is 5.69 Å². The SMILES string of the molecule is CC(=O)Nc1ccc(Nc2cc(C3C(=O)Nc4ccccc43)nc3ccccc23)cc1. The van der Waals surface area contributed by atoms with E-state index in [1.165, 1.54) is 6.92 Å². The van der Waals surface area contributed by atoms with Crippen molar-refractivity contribution in [3.63, 3.8) is 0 Å². The summed E-state index contributed by atoms with van der Waals surface area (Å²) in [4.78, 5) is 28.8. The Labute approximate surface area is 179 Å². The van der Waals surface area contributed by atoms with Crippen LogP contribution in [0.25, 0.3) is 10.9 Å². The van der Waals surface area contributed by atoms with Crippen molar-refractivity contribution in [2.75, 3.05) is 16.0 Å². The van der Waals surface area contributed by atoms with Crippen LogP contribution in [-0.2, 0) is 9.59 Å². The van der Waals surface area contributed by atoms with E-state index in [1.54, 1.807) is 0 Å². The Balaban J connectivity index is 1.56. The van der Waals surface area contributed by atoms with Crippen LogP contribution in [0.15, 0.2) is 78.9 Å². The molecule has 0 bridgehead atoms. The van der Waals surface area contributed by atoms with Crippen LogP contribution in [0, 0.1) is 0 Å². The summed E-state index contributed by atoms with van der Waals surface area (Å²) in [6.07, 6.45) is 0. The summed E-state index contributed by atoms with van der Waals surface area (Å²) in [6.45, 7) is 1.48. The molecule has 4 aromatic rings. The first-order chi connectivity index (χ1) is 15.1. The minimum Gasteiger partial charge on any atom is -0.355 e. The Hall–Kier alpha value is -4.19. The van der Waals surface area contributed by atoms with Gasteiger partial charge in [-0.05, 0) is 48.0 Å². The fourth-order valence-electron chi connectivity index (χ4n) is 3.95. The quantitative estimate of drug-likeness (QED) is 0.443. The minimum atomic E-state index is -0.455. The fourth-order valence-corrected chi connectivity index (χ4v) is 3.95. The van der Waals surface area contributed by atoms with Crippen LogP contribution in [0.3, 0.4) is 0 Å². The highest BCUT2D eigenvalue weighted by Gasteiger charge is 2.33. The van der Waals surface area contributed by atoms with Crippen molar-refractivity contribution in [1.29, 1.82) is 0 Å². The number of carbonyl (C=O) groups excluding carboxylic acids is 2. The summed E-state index contributed by atoms with van der Waals surface area (Å²) in [7, 11) is 0. The second-order valence-electron chi connectivity index (χ2n) is 7.50. The van der Waals surface area contributed by atoms with Crippen molar-refractivity contribution in [3.05, 3.63) is 90.1 Å². The smallest absolute Gasteiger partial charge is 0.238 e. The Morgan fingerprint density at radius 1 is 0.935 bits per heavy atom. The van der Waals surface area contributed by atoms with Gasteiger partial charge in [0.2, 0.25) is 11.8 Å². The molecule has 6 nitrogen and oxygen atoms in total. The molecule has 1 aromatic heterocycles. The van der Waals surface area contributed by atoms with E-state index in [9.17, 15) is 9.59 Å². The number of anilines is 4. The van der Waals surface area contributed by atoms with E-state index in [4.69, 9.17) is 4.98 Å². The monoisotopic (exact) mass is 408 g/mol. The zero-order chi connectivity index (χ0) is 21.4. The predicted molar refractivity (Wildman–Crippen MR) is 123 cm³/mol. The highest BCUT2D eigenvalue weighted by atomic mass is 16.2. The van der Waals surface area contributed by atoms with Crippen molar-refractivity contribution in [2.24, 2.45) is 0 Å². The zero-order valence-electron chi connectivity index (χ0n) is 16.8. The van der Waals surface area contributed by atoms with E-state index in [-0.39, 0.29) is 11.8 Å². The van der Waals surface area contributed by atoms with Crippen molar-refractivity contribution >= 4 is 45.5 Å². The Kier molecular flexibility index (Phi) is 4.59. The predicted octanol–water partition coefficient (Wildman–Crippen LogP) is 5.02. The van der Waals surface area contributed by atoms with Crippen LogP contribution in [0.1, 0.15) is 24.1 Å². The maximum atomic E-state index is 12.8. The first-order valence-corrected chi connectivity index (χ1v) is 10.0. The van der Waals surface area contributed by atoms with E-state index >= 15 is 0 Å². The molecule has 3 aromatic carbocycles. The molecule has 1 unspecified atom stereocenters. The molecule has 3 N–H and O–H groups in total. The number of rotatable bonds is 4. The van der Waals surface area contributed by atoms with Gasteiger partial charge in [-0.25, -0.2) is 0 Å². The number of fused-ring (bicyclic) bond motifs is 2. The first-order valence-electron chi connectivity index (χ1n) is 10.0. The molecule has 0 aliphatic carbocycles. The number of para-hydroxylation sites is 2. The summed E-state index contributed by atoms with van der Waals surface area (Å²) in [5, 5.41) is 10.1. The van der Waals surface area contributed by atoms with Crippen LogP contribution in [0.2, 0.25) is 0 Å². The minimum absolute atomic E-state index is 0.0745. The van der Waals surface area contributed by atoms with E-state index in [2.05, 4.69) is 16.0 Å². The first kappa shape index (κ1) is 18.8. The molecule has 6 heteroatoms. The molecular weight excluding hydrogens is 388 g/mol. The van der Waals surface area contributed by atoms with Gasteiger partial charge in [0.05, 0.1) is 11.2 Å². The normalized spacial score (nSPS) is 14.7. The lowest BCUT2D eigenvalue weighted by atomic mass is 9.95. The second-order valence-corrected chi connectivity index (χ2v) is 7.50. The molecule has 5 rings (SSSR count). The van der Waals surface area contributed by atoms with Gasteiger partial charge in [0.15, 0.2) is 0 Å². The molecule has 0 saturated heterocycles. The standard InChI is InChI=1S/C25H20N4O2/c1-15(30)26-16-10-12-17(13-11-16)27-22-14-23(28-20-8-4-2-6-18(20)22)24-19-7-3-5-9-21(19)29-25(24)31/h2-14,24H,1H3,(H,26,30)(H,27,28)(H,29,31). The summed E-state index contributed by atoms with van der Waals surface area (Å²) in [5.74, 6) is -0.640.